The molecule has 0 bridgehead atoms. The number of rotatable bonds is 13. The molecule has 3 rings (SSSR count). The molecule has 0 aromatic heterocycles. The lowest BCUT2D eigenvalue weighted by molar-refractivity contribution is -0.140. The summed E-state index contributed by atoms with van der Waals surface area (Å²) >= 11 is 0. The Morgan fingerprint density at radius 1 is 0.902 bits per heavy atom. The van der Waals surface area contributed by atoms with Crippen LogP contribution >= 0.6 is 0 Å². The second kappa shape index (κ2) is 14.3. The molecule has 0 heterocycles. The lowest BCUT2D eigenvalue weighted by atomic mass is 10.1. The molecule has 220 valence electrons. The minimum absolute atomic E-state index is 0.0179. The topological polar surface area (TPSA) is 86.8 Å². The van der Waals surface area contributed by atoms with Crippen LogP contribution in [0.4, 0.5) is 10.1 Å². The van der Waals surface area contributed by atoms with Gasteiger partial charge in [0.2, 0.25) is 11.8 Å². The van der Waals surface area contributed by atoms with Crippen LogP contribution < -0.4 is 9.62 Å². The third-order valence-electron chi connectivity index (χ3n) is 7.00. The van der Waals surface area contributed by atoms with Gasteiger partial charge in [-0.15, -0.1) is 0 Å². The molecule has 41 heavy (non-hydrogen) atoms. The number of hydrogen-bond donors (Lipinski definition) is 1. The Labute approximate surface area is 243 Å². The molecule has 1 atom stereocenters. The number of nitrogens with one attached hydrogen (secondary N) is 1. The summed E-state index contributed by atoms with van der Waals surface area (Å²) in [4.78, 5) is 28.8. The summed E-state index contributed by atoms with van der Waals surface area (Å²) in [5.74, 6) is -1.26. The second-order valence-electron chi connectivity index (χ2n) is 10.3. The molecule has 0 spiro atoms. The number of benzene rings is 3. The van der Waals surface area contributed by atoms with Crippen LogP contribution in [0, 0.1) is 26.6 Å². The van der Waals surface area contributed by atoms with Crippen LogP contribution in [-0.4, -0.2) is 44.3 Å². The predicted octanol–water partition coefficient (Wildman–Crippen LogP) is 5.67. The van der Waals surface area contributed by atoms with Crippen molar-refractivity contribution < 1.29 is 22.4 Å². The summed E-state index contributed by atoms with van der Waals surface area (Å²) in [6, 6.07) is 16.8. The number of carbonyl (C=O) groups is 2. The molecule has 0 aliphatic heterocycles. The van der Waals surface area contributed by atoms with Crippen molar-refractivity contribution in [2.75, 3.05) is 17.4 Å². The largest absolute Gasteiger partial charge is 0.354 e. The van der Waals surface area contributed by atoms with E-state index in [1.54, 1.807) is 44.2 Å². The van der Waals surface area contributed by atoms with E-state index in [1.165, 1.54) is 29.2 Å². The van der Waals surface area contributed by atoms with Gasteiger partial charge >= 0.3 is 0 Å². The minimum Gasteiger partial charge on any atom is -0.354 e. The maximum Gasteiger partial charge on any atom is 0.264 e. The molecule has 0 fully saturated rings. The Hall–Kier alpha value is -3.72. The summed E-state index contributed by atoms with van der Waals surface area (Å²) < 4.78 is 42.9. The average Bonchev–Trinajstić information content (AvgIpc) is 2.94. The highest BCUT2D eigenvalue weighted by atomic mass is 32.2. The first-order chi connectivity index (χ1) is 19.5. The lowest BCUT2D eigenvalue weighted by Crippen LogP contribution is -2.52. The SMILES string of the molecule is CCCCNC(=O)[C@@H](CC)N(Cc1ccc(F)cc1)C(=O)CN(c1cc(C)ccc1C)S(=O)(=O)c1ccc(C)cc1. The van der Waals surface area contributed by atoms with Crippen molar-refractivity contribution in [3.63, 3.8) is 0 Å². The molecule has 0 saturated carbocycles. The molecule has 0 unspecified atom stereocenters. The number of sulfonamides is 1. The monoisotopic (exact) mass is 581 g/mol. The molecule has 0 aliphatic rings. The first kappa shape index (κ1) is 31.8. The van der Waals surface area contributed by atoms with Gasteiger partial charge in [0.15, 0.2) is 0 Å². The van der Waals surface area contributed by atoms with Crippen molar-refractivity contribution in [2.45, 2.75) is 71.4 Å². The van der Waals surface area contributed by atoms with Crippen LogP contribution in [0.25, 0.3) is 0 Å². The molecule has 9 heteroatoms. The van der Waals surface area contributed by atoms with Gasteiger partial charge in [0, 0.05) is 13.1 Å². The van der Waals surface area contributed by atoms with E-state index >= 15 is 0 Å². The van der Waals surface area contributed by atoms with Crippen LogP contribution in [0.1, 0.15) is 55.4 Å². The zero-order chi connectivity index (χ0) is 30.2. The zero-order valence-electron chi connectivity index (χ0n) is 24.5. The zero-order valence-corrected chi connectivity index (χ0v) is 25.3. The second-order valence-corrected chi connectivity index (χ2v) is 12.2. The van der Waals surface area contributed by atoms with Crippen molar-refractivity contribution in [1.29, 1.82) is 0 Å². The standard InChI is InChI=1S/C32H40FN3O4S/c1-6-8-19-34-32(38)29(7-2)35(21-26-13-15-27(33)16-14-26)31(37)22-36(30-20-24(4)9-12-25(30)5)41(39,40)28-17-10-23(3)11-18-28/h9-18,20,29H,6-8,19,21-22H2,1-5H3,(H,34,38)/t29-/m1/s1. The molecule has 0 aliphatic carbocycles. The van der Waals surface area contributed by atoms with E-state index in [4.69, 9.17) is 0 Å². The van der Waals surface area contributed by atoms with Crippen molar-refractivity contribution in [2.24, 2.45) is 0 Å². The van der Waals surface area contributed by atoms with Gasteiger partial charge in [-0.05, 0) is 80.6 Å². The normalized spacial score (nSPS) is 12.0. The first-order valence-electron chi connectivity index (χ1n) is 14.0. The van der Waals surface area contributed by atoms with Crippen molar-refractivity contribution in [1.82, 2.24) is 10.2 Å². The number of anilines is 1. The van der Waals surface area contributed by atoms with Crippen molar-refractivity contribution >= 4 is 27.5 Å². The van der Waals surface area contributed by atoms with E-state index in [2.05, 4.69) is 5.32 Å². The molecule has 1 N–H and O–H groups in total. The van der Waals surface area contributed by atoms with E-state index in [0.29, 0.717) is 29.8 Å². The Kier molecular flexibility index (Phi) is 11.1. The molecule has 0 saturated heterocycles. The van der Waals surface area contributed by atoms with Gasteiger partial charge in [-0.3, -0.25) is 13.9 Å². The molecular formula is C32H40FN3O4S. The van der Waals surface area contributed by atoms with E-state index in [0.717, 1.165) is 28.3 Å². The Morgan fingerprint density at radius 3 is 2.15 bits per heavy atom. The van der Waals surface area contributed by atoms with Gasteiger partial charge in [-0.1, -0.05) is 62.2 Å². The number of hydrogen-bond acceptors (Lipinski definition) is 4. The maximum atomic E-state index is 14.1. The third-order valence-corrected chi connectivity index (χ3v) is 8.78. The van der Waals surface area contributed by atoms with Crippen LogP contribution in [0.2, 0.25) is 0 Å². The van der Waals surface area contributed by atoms with E-state index in [-0.39, 0.29) is 17.3 Å². The van der Waals surface area contributed by atoms with Gasteiger partial charge in [-0.25, -0.2) is 12.8 Å². The van der Waals surface area contributed by atoms with Crippen LogP contribution in [0.3, 0.4) is 0 Å². The number of halogens is 1. The summed E-state index contributed by atoms with van der Waals surface area (Å²) in [6.07, 6.45) is 2.01. The molecular weight excluding hydrogens is 541 g/mol. The highest BCUT2D eigenvalue weighted by molar-refractivity contribution is 7.92. The molecule has 3 aromatic rings. The summed E-state index contributed by atoms with van der Waals surface area (Å²) in [6.45, 7) is 9.32. The number of unbranched alkanes of at least 4 members (excludes halogenated alkanes) is 1. The van der Waals surface area contributed by atoms with Gasteiger partial charge in [0.1, 0.15) is 18.4 Å². The maximum absolute atomic E-state index is 14.1. The van der Waals surface area contributed by atoms with Crippen LogP contribution in [-0.2, 0) is 26.2 Å². The van der Waals surface area contributed by atoms with Crippen molar-refractivity contribution in [3.05, 3.63) is 94.8 Å². The van der Waals surface area contributed by atoms with Gasteiger partial charge < -0.3 is 10.2 Å². The highest BCUT2D eigenvalue weighted by Crippen LogP contribution is 2.29. The van der Waals surface area contributed by atoms with Crippen LogP contribution in [0.15, 0.2) is 71.6 Å². The smallest absolute Gasteiger partial charge is 0.264 e. The first-order valence-corrected chi connectivity index (χ1v) is 15.4. The highest BCUT2D eigenvalue weighted by Gasteiger charge is 2.34. The number of aryl methyl sites for hydroxylation is 3. The Morgan fingerprint density at radius 2 is 1.54 bits per heavy atom. The Bertz CT molecular complexity index is 1440. The van der Waals surface area contributed by atoms with Crippen molar-refractivity contribution in [3.8, 4) is 0 Å². The fraction of sp³-hybridized carbons (Fsp3) is 0.375. The molecule has 3 aromatic carbocycles. The number of nitrogens with zero attached hydrogens (tertiary/aromatic N) is 2. The predicted molar refractivity (Wildman–Crippen MR) is 161 cm³/mol. The minimum atomic E-state index is -4.15. The fourth-order valence-corrected chi connectivity index (χ4v) is 6.02. The van der Waals surface area contributed by atoms with Gasteiger partial charge in [0.25, 0.3) is 10.0 Å². The fourth-order valence-electron chi connectivity index (χ4n) is 4.55. The number of amides is 2. The summed E-state index contributed by atoms with van der Waals surface area (Å²) in [5.41, 5.74) is 3.45. The van der Waals surface area contributed by atoms with E-state index in [9.17, 15) is 22.4 Å². The summed E-state index contributed by atoms with van der Waals surface area (Å²) in [7, 11) is -4.15. The van der Waals surface area contributed by atoms with E-state index < -0.39 is 34.3 Å². The average molecular weight is 582 g/mol. The Balaban J connectivity index is 2.07. The van der Waals surface area contributed by atoms with Crippen LogP contribution in [0.5, 0.6) is 0 Å². The van der Waals surface area contributed by atoms with Gasteiger partial charge in [-0.2, -0.15) is 0 Å². The van der Waals surface area contributed by atoms with Gasteiger partial charge in [0.05, 0.1) is 10.6 Å². The molecule has 7 nitrogen and oxygen atoms in total. The van der Waals surface area contributed by atoms with E-state index in [1.807, 2.05) is 32.9 Å². The lowest BCUT2D eigenvalue weighted by Gasteiger charge is -2.33. The summed E-state index contributed by atoms with van der Waals surface area (Å²) in [5, 5.41) is 2.90. The molecule has 2 amide bonds. The third kappa shape index (κ3) is 8.16. The quantitative estimate of drug-likeness (QED) is 0.264. The molecule has 0 radical (unpaired) electrons. The number of carbonyl (C=O) groups excluding carboxylic acids is 2.